The van der Waals surface area contributed by atoms with Gasteiger partial charge in [0.1, 0.15) is 0 Å². The van der Waals surface area contributed by atoms with E-state index in [4.69, 9.17) is 9.97 Å². The average molecular weight is 612 g/mol. The molecule has 48 heavy (non-hydrogen) atoms. The Morgan fingerprint density at radius 2 is 1.15 bits per heavy atom. The second-order valence-electron chi connectivity index (χ2n) is 13.8. The number of benzene rings is 7. The van der Waals surface area contributed by atoms with Gasteiger partial charge in [-0.25, -0.2) is 9.97 Å². The topological polar surface area (TPSA) is 30.7 Å². The van der Waals surface area contributed by atoms with Gasteiger partial charge in [-0.2, -0.15) is 0 Å². The summed E-state index contributed by atoms with van der Waals surface area (Å²) < 4.78 is 2.29. The molecule has 0 unspecified atom stereocenters. The molecule has 0 saturated carbocycles. The largest absolute Gasteiger partial charge is 0.278 e. The summed E-state index contributed by atoms with van der Waals surface area (Å²) in [5, 5.41) is 6.11. The number of hydrogen-bond acceptors (Lipinski definition) is 2. The average Bonchev–Trinajstić information content (AvgIpc) is 3.54. The summed E-state index contributed by atoms with van der Waals surface area (Å²) in [6.45, 7) is 4.67. The van der Waals surface area contributed by atoms with E-state index in [1.807, 2.05) is 0 Å². The Kier molecular flexibility index (Phi) is 4.91. The molecule has 0 saturated heterocycles. The van der Waals surface area contributed by atoms with Crippen molar-refractivity contribution in [2.45, 2.75) is 19.3 Å². The zero-order chi connectivity index (χ0) is 31.7. The molecular weight excluding hydrogens is 583 g/mol. The minimum atomic E-state index is -0.0976. The third kappa shape index (κ3) is 3.23. The second-order valence-corrected chi connectivity index (χ2v) is 13.8. The third-order valence-corrected chi connectivity index (χ3v) is 11.0. The van der Waals surface area contributed by atoms with Crippen LogP contribution in [0.2, 0.25) is 0 Å². The fourth-order valence-electron chi connectivity index (χ4n) is 8.78. The molecule has 0 N–H and O–H groups in total. The molecule has 2 aromatic heterocycles. The highest BCUT2D eigenvalue weighted by molar-refractivity contribution is 6.30. The molecule has 3 heteroatoms. The zero-order valence-electron chi connectivity index (χ0n) is 26.6. The Bertz CT molecular complexity index is 2870. The van der Waals surface area contributed by atoms with Crippen LogP contribution < -0.4 is 0 Å². The van der Waals surface area contributed by atoms with Crippen molar-refractivity contribution in [1.29, 1.82) is 0 Å². The summed E-state index contributed by atoms with van der Waals surface area (Å²) in [6, 6.07) is 50.8. The van der Waals surface area contributed by atoms with E-state index in [1.54, 1.807) is 0 Å². The Balaban J connectivity index is 1.23. The van der Waals surface area contributed by atoms with E-state index < -0.39 is 0 Å². The van der Waals surface area contributed by atoms with E-state index >= 15 is 0 Å². The van der Waals surface area contributed by atoms with Gasteiger partial charge in [0.2, 0.25) is 5.95 Å². The number of rotatable bonds is 2. The molecule has 2 aliphatic carbocycles. The molecule has 11 rings (SSSR count). The molecular formula is C45H29N3. The van der Waals surface area contributed by atoms with Crippen LogP contribution >= 0.6 is 0 Å². The van der Waals surface area contributed by atoms with Gasteiger partial charge in [0, 0.05) is 27.1 Å². The number of hydrogen-bond donors (Lipinski definition) is 0. The van der Waals surface area contributed by atoms with E-state index in [9.17, 15) is 0 Å². The molecule has 0 aliphatic heterocycles. The molecule has 224 valence electrons. The molecule has 0 radical (unpaired) electrons. The minimum absolute atomic E-state index is 0.0976. The van der Waals surface area contributed by atoms with Gasteiger partial charge in [-0.15, -0.1) is 0 Å². The van der Waals surface area contributed by atoms with Crippen LogP contribution in [0.25, 0.3) is 94.1 Å². The Hall–Kier alpha value is -6.06. The van der Waals surface area contributed by atoms with Crippen LogP contribution in [0.4, 0.5) is 0 Å². The molecule has 0 atom stereocenters. The maximum Gasteiger partial charge on any atom is 0.235 e. The second kappa shape index (κ2) is 9.05. The number of nitrogens with zero attached hydrogens (tertiary/aromatic N) is 3. The number of aromatic nitrogens is 3. The van der Waals surface area contributed by atoms with Crippen LogP contribution in [0.15, 0.2) is 140 Å². The smallest absolute Gasteiger partial charge is 0.235 e. The summed E-state index contributed by atoms with van der Waals surface area (Å²) >= 11 is 0. The monoisotopic (exact) mass is 611 g/mol. The Morgan fingerprint density at radius 3 is 2.00 bits per heavy atom. The standard InChI is InChI=1S/C45H29N3/c1-45(2)35-18-7-5-14-30(35)31-23-21-27(25-36(31)45)43-34-15-6-8-19-37(34)46-44(47-43)48-38-20-10-17-33-29-13-4-3-12-28(29)32-16-9-11-26-22-24-39(48)42(40(26)32)41(33)38/h3-25H,1-2H3. The minimum Gasteiger partial charge on any atom is -0.278 e. The Morgan fingerprint density at radius 1 is 0.479 bits per heavy atom. The van der Waals surface area contributed by atoms with Crippen molar-refractivity contribution in [1.82, 2.24) is 14.5 Å². The quantitative estimate of drug-likeness (QED) is 0.195. The molecule has 2 aliphatic rings. The van der Waals surface area contributed by atoms with E-state index in [0.29, 0.717) is 5.95 Å². The fraction of sp³-hybridized carbons (Fsp3) is 0.0667. The number of fused-ring (bicyclic) bond motifs is 7. The summed E-state index contributed by atoms with van der Waals surface area (Å²) in [6.07, 6.45) is 0. The van der Waals surface area contributed by atoms with E-state index in [1.165, 1.54) is 66.1 Å². The van der Waals surface area contributed by atoms with Gasteiger partial charge in [0.15, 0.2) is 0 Å². The van der Waals surface area contributed by atoms with Gasteiger partial charge >= 0.3 is 0 Å². The van der Waals surface area contributed by atoms with Crippen molar-refractivity contribution < 1.29 is 0 Å². The van der Waals surface area contributed by atoms with Crippen LogP contribution in [0.3, 0.4) is 0 Å². The first kappa shape index (κ1) is 26.1. The molecule has 0 amide bonds. The zero-order valence-corrected chi connectivity index (χ0v) is 26.6. The normalized spacial score (nSPS) is 13.8. The molecule has 0 fully saturated rings. The molecule has 7 aromatic carbocycles. The number of para-hydroxylation sites is 1. The SMILES string of the molecule is CC1(C)c2ccccc2-c2ccc(-c3nc(-n4c5cccc6c5c5c7c(cccc7ccc54)-c4ccccc4-6)nc4ccccc34)cc21. The first-order valence-corrected chi connectivity index (χ1v) is 16.7. The first-order valence-electron chi connectivity index (χ1n) is 16.7. The van der Waals surface area contributed by atoms with Gasteiger partial charge in [0.05, 0.1) is 22.2 Å². The lowest BCUT2D eigenvalue weighted by Crippen LogP contribution is -2.15. The molecule has 9 aromatic rings. The van der Waals surface area contributed by atoms with Crippen LogP contribution in [0.1, 0.15) is 25.0 Å². The van der Waals surface area contributed by atoms with E-state index in [0.717, 1.165) is 33.2 Å². The fourth-order valence-corrected chi connectivity index (χ4v) is 8.78. The summed E-state index contributed by atoms with van der Waals surface area (Å²) in [4.78, 5) is 10.8. The lowest BCUT2D eigenvalue weighted by molar-refractivity contribution is 0.660. The van der Waals surface area contributed by atoms with Gasteiger partial charge in [-0.1, -0.05) is 129 Å². The molecule has 3 nitrogen and oxygen atoms in total. The van der Waals surface area contributed by atoms with E-state index in [2.05, 4.69) is 158 Å². The van der Waals surface area contributed by atoms with Crippen LogP contribution in [-0.4, -0.2) is 14.5 Å². The van der Waals surface area contributed by atoms with E-state index in [-0.39, 0.29) is 5.41 Å². The lowest BCUT2D eigenvalue weighted by atomic mass is 9.82. The highest BCUT2D eigenvalue weighted by Gasteiger charge is 2.35. The molecule has 0 spiro atoms. The van der Waals surface area contributed by atoms with Crippen molar-refractivity contribution in [3.8, 4) is 50.6 Å². The van der Waals surface area contributed by atoms with Crippen molar-refractivity contribution in [2.24, 2.45) is 0 Å². The molecule has 2 heterocycles. The highest BCUT2D eigenvalue weighted by Crippen LogP contribution is 2.51. The van der Waals surface area contributed by atoms with Gasteiger partial charge in [0.25, 0.3) is 0 Å². The van der Waals surface area contributed by atoms with Crippen molar-refractivity contribution in [3.05, 3.63) is 151 Å². The summed E-state index contributed by atoms with van der Waals surface area (Å²) in [5.74, 6) is 0.689. The first-order chi connectivity index (χ1) is 23.6. The highest BCUT2D eigenvalue weighted by atomic mass is 15.2. The predicted molar refractivity (Wildman–Crippen MR) is 199 cm³/mol. The van der Waals surface area contributed by atoms with Crippen molar-refractivity contribution >= 4 is 43.5 Å². The molecule has 0 bridgehead atoms. The van der Waals surface area contributed by atoms with Crippen LogP contribution in [0, 0.1) is 0 Å². The third-order valence-electron chi connectivity index (χ3n) is 11.0. The summed E-state index contributed by atoms with van der Waals surface area (Å²) in [5.41, 5.74) is 15.5. The van der Waals surface area contributed by atoms with Crippen LogP contribution in [-0.2, 0) is 5.41 Å². The lowest BCUT2D eigenvalue weighted by Gasteiger charge is -2.22. The van der Waals surface area contributed by atoms with Gasteiger partial charge in [-0.3, -0.25) is 4.57 Å². The summed E-state index contributed by atoms with van der Waals surface area (Å²) in [7, 11) is 0. The maximum atomic E-state index is 5.48. The van der Waals surface area contributed by atoms with Crippen LogP contribution in [0.5, 0.6) is 0 Å². The Labute approximate surface area is 277 Å². The van der Waals surface area contributed by atoms with Gasteiger partial charge < -0.3 is 0 Å². The van der Waals surface area contributed by atoms with Crippen molar-refractivity contribution in [3.63, 3.8) is 0 Å². The maximum absolute atomic E-state index is 5.48. The predicted octanol–water partition coefficient (Wildman–Crippen LogP) is 11.5. The van der Waals surface area contributed by atoms with Gasteiger partial charge in [-0.05, 0) is 79.5 Å². The van der Waals surface area contributed by atoms with Crippen molar-refractivity contribution in [2.75, 3.05) is 0 Å².